The van der Waals surface area contributed by atoms with Gasteiger partial charge in [-0.2, -0.15) is 13.2 Å². The molecule has 3 nitrogen and oxygen atoms in total. The molecule has 70 valence electrons. The van der Waals surface area contributed by atoms with Crippen molar-refractivity contribution in [2.45, 2.75) is 13.1 Å². The molecular weight excluding hydrogens is 177 g/mol. The van der Waals surface area contributed by atoms with Crippen LogP contribution < -0.4 is 0 Å². The number of hydrogen-bond donors (Lipinski definition) is 1. The second-order valence-corrected chi connectivity index (χ2v) is 2.00. The minimum atomic E-state index is -4.46. The van der Waals surface area contributed by atoms with E-state index >= 15 is 0 Å². The van der Waals surface area contributed by atoms with Crippen molar-refractivity contribution in [3.05, 3.63) is 11.8 Å². The molecule has 1 N–H and O–H groups in total. The zero-order valence-electron chi connectivity index (χ0n) is 6.18. The van der Waals surface area contributed by atoms with Crippen molar-refractivity contribution in [3.8, 4) is 0 Å². The van der Waals surface area contributed by atoms with Crippen molar-refractivity contribution < 1.29 is 27.8 Å². The average molecular weight is 184 g/mol. The van der Waals surface area contributed by atoms with Crippen LogP contribution in [0.5, 0.6) is 0 Å². The molecule has 0 unspecified atom stereocenters. The van der Waals surface area contributed by atoms with E-state index in [-0.39, 0.29) is 0 Å². The van der Waals surface area contributed by atoms with Gasteiger partial charge >= 0.3 is 12.1 Å². The molecule has 0 heterocycles. The van der Waals surface area contributed by atoms with Crippen LogP contribution in [0.2, 0.25) is 0 Å². The Hall–Kier alpha value is -1.20. The van der Waals surface area contributed by atoms with Gasteiger partial charge in [-0.05, 0) is 6.92 Å². The third-order valence-electron chi connectivity index (χ3n) is 0.914. The third kappa shape index (κ3) is 4.59. The summed E-state index contributed by atoms with van der Waals surface area (Å²) in [4.78, 5) is 9.79. The van der Waals surface area contributed by atoms with Crippen LogP contribution >= 0.6 is 0 Å². The number of hydrogen-bond acceptors (Lipinski definition) is 2. The average Bonchev–Trinajstić information content (AvgIpc) is 1.84. The summed E-state index contributed by atoms with van der Waals surface area (Å²) in [6, 6.07) is 0. The Balaban J connectivity index is 3.94. The number of carboxylic acids is 1. The first-order valence-electron chi connectivity index (χ1n) is 2.91. The summed E-state index contributed by atoms with van der Waals surface area (Å²) in [5.74, 6) is -1.32. The Bertz CT molecular complexity index is 195. The molecule has 0 saturated carbocycles. The number of aliphatic carboxylic acids is 1. The monoisotopic (exact) mass is 184 g/mol. The van der Waals surface area contributed by atoms with Crippen LogP contribution in [0.4, 0.5) is 13.2 Å². The largest absolute Gasteiger partial charge is 0.489 e. The maximum absolute atomic E-state index is 11.7. The van der Waals surface area contributed by atoms with Crippen LogP contribution in [0, 0.1) is 0 Å². The maximum Gasteiger partial charge on any atom is 0.415 e. The second-order valence-electron chi connectivity index (χ2n) is 2.00. The predicted octanol–water partition coefficient (Wildman–Crippen LogP) is 1.55. The first-order chi connectivity index (χ1) is 5.34. The molecular formula is C6H7F3O3. The smallest absolute Gasteiger partial charge is 0.415 e. The molecule has 0 atom stereocenters. The van der Waals surface area contributed by atoms with Gasteiger partial charge in [0.2, 0.25) is 0 Å². The SMILES string of the molecule is CC(=COCC(=O)O)C(F)(F)F. The van der Waals surface area contributed by atoms with E-state index in [4.69, 9.17) is 5.11 Å². The topological polar surface area (TPSA) is 46.5 Å². The number of carbonyl (C=O) groups is 1. The Labute approximate surface area is 66.4 Å². The van der Waals surface area contributed by atoms with Crippen LogP contribution in [0.15, 0.2) is 11.8 Å². The van der Waals surface area contributed by atoms with Gasteiger partial charge in [0.05, 0.1) is 11.8 Å². The summed E-state index contributed by atoms with van der Waals surface area (Å²) >= 11 is 0. The first-order valence-corrected chi connectivity index (χ1v) is 2.91. The molecule has 0 aliphatic carbocycles. The lowest BCUT2D eigenvalue weighted by Gasteiger charge is -2.05. The van der Waals surface area contributed by atoms with Crippen molar-refractivity contribution >= 4 is 5.97 Å². The van der Waals surface area contributed by atoms with E-state index in [1.54, 1.807) is 0 Å². The summed E-state index contributed by atoms with van der Waals surface area (Å²) < 4.78 is 39.1. The number of ether oxygens (including phenoxy) is 1. The summed E-state index contributed by atoms with van der Waals surface area (Å²) in [7, 11) is 0. The van der Waals surface area contributed by atoms with Gasteiger partial charge in [0, 0.05) is 0 Å². The third-order valence-corrected chi connectivity index (χ3v) is 0.914. The lowest BCUT2D eigenvalue weighted by Crippen LogP contribution is -2.10. The van der Waals surface area contributed by atoms with E-state index in [9.17, 15) is 18.0 Å². The Kier molecular flexibility index (Phi) is 3.59. The van der Waals surface area contributed by atoms with E-state index in [1.807, 2.05) is 0 Å². The Morgan fingerprint density at radius 1 is 1.58 bits per heavy atom. The zero-order chi connectivity index (χ0) is 9.78. The zero-order valence-corrected chi connectivity index (χ0v) is 6.18. The van der Waals surface area contributed by atoms with E-state index in [0.29, 0.717) is 6.26 Å². The summed E-state index contributed by atoms with van der Waals surface area (Å²) in [6.45, 7) is 0.0231. The van der Waals surface area contributed by atoms with Gasteiger partial charge < -0.3 is 9.84 Å². The molecule has 0 spiro atoms. The van der Waals surface area contributed by atoms with E-state index in [1.165, 1.54) is 0 Å². The maximum atomic E-state index is 11.7. The molecule has 12 heavy (non-hydrogen) atoms. The van der Waals surface area contributed by atoms with Crippen LogP contribution in [-0.4, -0.2) is 23.9 Å². The van der Waals surface area contributed by atoms with E-state index < -0.39 is 24.3 Å². The molecule has 0 aliphatic rings. The number of carboxylic acid groups (broad SMARTS) is 1. The number of rotatable bonds is 3. The summed E-state index contributed by atoms with van der Waals surface area (Å²) in [5.41, 5.74) is -0.969. The molecule has 0 aromatic carbocycles. The van der Waals surface area contributed by atoms with Gasteiger partial charge in [-0.3, -0.25) is 0 Å². The number of halogens is 3. The van der Waals surface area contributed by atoms with Crippen molar-refractivity contribution in [2.75, 3.05) is 6.61 Å². The van der Waals surface area contributed by atoms with Gasteiger partial charge in [-0.25, -0.2) is 4.79 Å². The van der Waals surface area contributed by atoms with E-state index in [0.717, 1.165) is 6.92 Å². The number of allylic oxidation sites excluding steroid dienone is 1. The molecule has 0 rings (SSSR count). The lowest BCUT2D eigenvalue weighted by molar-refractivity contribution is -0.140. The summed E-state index contributed by atoms with van der Waals surface area (Å²) in [5, 5.41) is 7.99. The minimum absolute atomic E-state index is 0.383. The van der Waals surface area contributed by atoms with Crippen molar-refractivity contribution in [1.82, 2.24) is 0 Å². The molecule has 6 heteroatoms. The molecule has 0 aromatic rings. The molecule has 0 bridgehead atoms. The van der Waals surface area contributed by atoms with Gasteiger partial charge in [0.15, 0.2) is 6.61 Å². The molecule has 0 fully saturated rings. The second kappa shape index (κ2) is 3.99. The predicted molar refractivity (Wildman–Crippen MR) is 33.4 cm³/mol. The fourth-order valence-electron chi connectivity index (χ4n) is 0.305. The van der Waals surface area contributed by atoms with Crippen LogP contribution in [-0.2, 0) is 9.53 Å². The van der Waals surface area contributed by atoms with Crippen LogP contribution in [0.25, 0.3) is 0 Å². The summed E-state index contributed by atoms with van der Waals surface area (Å²) in [6.07, 6.45) is -4.08. The molecule has 0 saturated heterocycles. The fraction of sp³-hybridized carbons (Fsp3) is 0.500. The van der Waals surface area contributed by atoms with Crippen molar-refractivity contribution in [2.24, 2.45) is 0 Å². The minimum Gasteiger partial charge on any atom is -0.489 e. The van der Waals surface area contributed by atoms with E-state index in [2.05, 4.69) is 4.74 Å². The molecule has 0 radical (unpaired) electrons. The normalized spacial score (nSPS) is 12.8. The quantitative estimate of drug-likeness (QED) is 0.677. The highest BCUT2D eigenvalue weighted by molar-refractivity contribution is 5.68. The van der Waals surface area contributed by atoms with Gasteiger partial charge in [0.25, 0.3) is 0 Å². The van der Waals surface area contributed by atoms with Crippen LogP contribution in [0.3, 0.4) is 0 Å². The number of alkyl halides is 3. The van der Waals surface area contributed by atoms with Gasteiger partial charge in [-0.1, -0.05) is 0 Å². The first kappa shape index (κ1) is 10.8. The Morgan fingerprint density at radius 2 is 2.08 bits per heavy atom. The van der Waals surface area contributed by atoms with Crippen molar-refractivity contribution in [3.63, 3.8) is 0 Å². The van der Waals surface area contributed by atoms with Crippen molar-refractivity contribution in [1.29, 1.82) is 0 Å². The van der Waals surface area contributed by atoms with Gasteiger partial charge in [0.1, 0.15) is 0 Å². The molecule has 0 aliphatic heterocycles. The lowest BCUT2D eigenvalue weighted by atomic mass is 10.3. The Morgan fingerprint density at radius 3 is 2.42 bits per heavy atom. The fourth-order valence-corrected chi connectivity index (χ4v) is 0.305. The highest BCUT2D eigenvalue weighted by Gasteiger charge is 2.30. The highest BCUT2D eigenvalue weighted by atomic mass is 19.4. The highest BCUT2D eigenvalue weighted by Crippen LogP contribution is 2.24. The molecule has 0 aromatic heterocycles. The standard InChI is InChI=1S/C6H7F3O3/c1-4(6(7,8)9)2-12-3-5(10)11/h2H,3H2,1H3,(H,10,11). The molecule has 0 amide bonds. The van der Waals surface area contributed by atoms with Gasteiger partial charge in [-0.15, -0.1) is 0 Å². The van der Waals surface area contributed by atoms with Crippen LogP contribution in [0.1, 0.15) is 6.92 Å².